The minimum absolute atomic E-state index is 0.174. The van der Waals surface area contributed by atoms with Gasteiger partial charge in [-0.1, -0.05) is 23.2 Å². The van der Waals surface area contributed by atoms with E-state index in [-0.39, 0.29) is 12.0 Å². The van der Waals surface area contributed by atoms with Crippen molar-refractivity contribution in [2.45, 2.75) is 6.04 Å². The lowest BCUT2D eigenvalue weighted by Crippen LogP contribution is -2.13. The van der Waals surface area contributed by atoms with E-state index in [0.29, 0.717) is 16.6 Å². The van der Waals surface area contributed by atoms with E-state index in [0.717, 1.165) is 5.69 Å². The second-order valence-corrected chi connectivity index (χ2v) is 4.10. The Morgan fingerprint density at radius 3 is 2.80 bits per heavy atom. The van der Waals surface area contributed by atoms with Crippen LogP contribution in [0.3, 0.4) is 0 Å². The fourth-order valence-electron chi connectivity index (χ4n) is 1.43. The molecule has 0 radical (unpaired) electrons. The van der Waals surface area contributed by atoms with Crippen LogP contribution in [0.1, 0.15) is 0 Å². The summed E-state index contributed by atoms with van der Waals surface area (Å²) >= 11 is 11.7. The molecule has 1 aromatic rings. The summed E-state index contributed by atoms with van der Waals surface area (Å²) in [6, 6.07) is 5.11. The number of halogens is 2. The monoisotopic (exact) mass is 245 g/mol. The lowest BCUT2D eigenvalue weighted by molar-refractivity contribution is -0.139. The van der Waals surface area contributed by atoms with Gasteiger partial charge in [-0.05, 0) is 18.2 Å². The molecule has 80 valence electrons. The van der Waals surface area contributed by atoms with Gasteiger partial charge >= 0.3 is 5.97 Å². The number of rotatable bonds is 2. The zero-order chi connectivity index (χ0) is 11.0. The number of nitrogens with zero attached hydrogens (tertiary/aromatic N) is 1. The first-order chi connectivity index (χ1) is 7.13. The maximum absolute atomic E-state index is 11.2. The third-order valence-corrected chi connectivity index (χ3v) is 3.06. The topological polar surface area (TPSA) is 29.3 Å². The summed E-state index contributed by atoms with van der Waals surface area (Å²) in [4.78, 5) is 13.1. The van der Waals surface area contributed by atoms with Crippen LogP contribution in [0.4, 0.5) is 5.69 Å². The molecule has 1 heterocycles. The number of anilines is 1. The molecule has 0 aromatic heterocycles. The van der Waals surface area contributed by atoms with Crippen molar-refractivity contribution in [2.24, 2.45) is 0 Å². The third kappa shape index (κ3) is 2.03. The highest BCUT2D eigenvalue weighted by molar-refractivity contribution is 6.42. The molecular weight excluding hydrogens is 237 g/mol. The zero-order valence-corrected chi connectivity index (χ0v) is 9.55. The molecule has 5 heteroatoms. The molecule has 1 aromatic carbocycles. The van der Waals surface area contributed by atoms with Crippen LogP contribution in [0.15, 0.2) is 18.2 Å². The Bertz CT molecular complexity index is 408. The number of carbonyl (C=O) groups excluding carboxylic acids is 1. The lowest BCUT2D eigenvalue weighted by atomic mass is 10.3. The van der Waals surface area contributed by atoms with Crippen LogP contribution in [-0.2, 0) is 9.53 Å². The molecule has 1 fully saturated rings. The molecule has 0 saturated carbocycles. The quantitative estimate of drug-likeness (QED) is 0.592. The van der Waals surface area contributed by atoms with Crippen LogP contribution >= 0.6 is 23.2 Å². The predicted octanol–water partition coefficient (Wildman–Crippen LogP) is 2.36. The van der Waals surface area contributed by atoms with E-state index < -0.39 is 0 Å². The van der Waals surface area contributed by atoms with Crippen molar-refractivity contribution >= 4 is 34.9 Å². The van der Waals surface area contributed by atoms with Gasteiger partial charge in [0.15, 0.2) is 0 Å². The number of carbonyl (C=O) groups is 1. The summed E-state index contributed by atoms with van der Waals surface area (Å²) in [6.45, 7) is 0.671. The fraction of sp³-hybridized carbons (Fsp3) is 0.300. The van der Waals surface area contributed by atoms with Gasteiger partial charge < -0.3 is 9.64 Å². The number of esters is 1. The summed E-state index contributed by atoms with van der Waals surface area (Å²) in [5.74, 6) is -0.221. The van der Waals surface area contributed by atoms with Gasteiger partial charge in [0.25, 0.3) is 0 Å². The summed E-state index contributed by atoms with van der Waals surface area (Å²) in [5.41, 5.74) is 0.889. The number of ether oxygens (including phenoxy) is 1. The van der Waals surface area contributed by atoms with E-state index in [1.54, 1.807) is 12.1 Å². The molecule has 2 rings (SSSR count). The molecule has 3 nitrogen and oxygen atoms in total. The first-order valence-corrected chi connectivity index (χ1v) is 5.18. The van der Waals surface area contributed by atoms with Crippen LogP contribution in [-0.4, -0.2) is 25.7 Å². The van der Waals surface area contributed by atoms with E-state index in [9.17, 15) is 4.79 Å². The Morgan fingerprint density at radius 1 is 1.47 bits per heavy atom. The summed E-state index contributed by atoms with van der Waals surface area (Å²) in [5, 5.41) is 1.00. The molecule has 0 spiro atoms. The second-order valence-electron chi connectivity index (χ2n) is 3.29. The van der Waals surface area contributed by atoms with Crippen molar-refractivity contribution in [3.05, 3.63) is 28.2 Å². The van der Waals surface area contributed by atoms with Crippen molar-refractivity contribution in [3.63, 3.8) is 0 Å². The number of methoxy groups -OCH3 is 1. The molecule has 1 atom stereocenters. The molecule has 15 heavy (non-hydrogen) atoms. The van der Waals surface area contributed by atoms with Crippen molar-refractivity contribution in [3.8, 4) is 0 Å². The summed E-state index contributed by atoms with van der Waals surface area (Å²) < 4.78 is 4.64. The zero-order valence-electron chi connectivity index (χ0n) is 8.04. The van der Waals surface area contributed by atoms with Gasteiger partial charge in [-0.25, -0.2) is 4.79 Å². The Labute approximate surface area is 97.5 Å². The fourth-order valence-corrected chi connectivity index (χ4v) is 1.72. The minimum Gasteiger partial charge on any atom is -0.467 e. The maximum atomic E-state index is 11.2. The Balaban J connectivity index is 2.13. The molecular formula is C10H9Cl2NO2. The van der Waals surface area contributed by atoms with Crippen LogP contribution in [0.2, 0.25) is 10.0 Å². The first-order valence-electron chi connectivity index (χ1n) is 4.43. The number of hydrogen-bond acceptors (Lipinski definition) is 3. The molecule has 1 unspecified atom stereocenters. The largest absolute Gasteiger partial charge is 0.467 e. The highest BCUT2D eigenvalue weighted by Crippen LogP contribution is 2.33. The van der Waals surface area contributed by atoms with Gasteiger partial charge in [-0.2, -0.15) is 0 Å². The van der Waals surface area contributed by atoms with Gasteiger partial charge in [0.2, 0.25) is 0 Å². The van der Waals surface area contributed by atoms with Crippen LogP contribution in [0, 0.1) is 0 Å². The molecule has 1 aliphatic heterocycles. The van der Waals surface area contributed by atoms with Crippen LogP contribution in [0.25, 0.3) is 0 Å². The number of hydrogen-bond donors (Lipinski definition) is 0. The Hall–Kier alpha value is -0.930. The van der Waals surface area contributed by atoms with Crippen LogP contribution < -0.4 is 4.90 Å². The molecule has 1 aliphatic rings. The van der Waals surface area contributed by atoms with Crippen molar-refractivity contribution in [1.82, 2.24) is 0 Å². The highest BCUT2D eigenvalue weighted by atomic mass is 35.5. The highest BCUT2D eigenvalue weighted by Gasteiger charge is 2.41. The predicted molar refractivity (Wildman–Crippen MR) is 59.6 cm³/mol. The van der Waals surface area contributed by atoms with E-state index in [4.69, 9.17) is 23.2 Å². The minimum atomic E-state index is -0.221. The second kappa shape index (κ2) is 3.91. The maximum Gasteiger partial charge on any atom is 0.330 e. The molecule has 0 N–H and O–H groups in total. The molecule has 1 saturated heterocycles. The lowest BCUT2D eigenvalue weighted by Gasteiger charge is -2.05. The summed E-state index contributed by atoms with van der Waals surface area (Å²) in [7, 11) is 1.38. The van der Waals surface area contributed by atoms with Crippen LogP contribution in [0.5, 0.6) is 0 Å². The summed E-state index contributed by atoms with van der Waals surface area (Å²) in [6.07, 6.45) is 0. The van der Waals surface area contributed by atoms with E-state index in [2.05, 4.69) is 4.74 Å². The first kappa shape index (κ1) is 10.6. The normalized spacial score (nSPS) is 18.9. The molecule has 0 amide bonds. The average molecular weight is 246 g/mol. The smallest absolute Gasteiger partial charge is 0.330 e. The van der Waals surface area contributed by atoms with Gasteiger partial charge in [-0.15, -0.1) is 0 Å². The average Bonchev–Trinajstić information content (AvgIpc) is 3.01. The van der Waals surface area contributed by atoms with E-state index >= 15 is 0 Å². The van der Waals surface area contributed by atoms with Gasteiger partial charge in [0.05, 0.1) is 23.7 Å². The van der Waals surface area contributed by atoms with Crippen molar-refractivity contribution < 1.29 is 9.53 Å². The number of benzene rings is 1. The Morgan fingerprint density at radius 2 is 2.20 bits per heavy atom. The van der Waals surface area contributed by atoms with Gasteiger partial charge in [0, 0.05) is 5.69 Å². The van der Waals surface area contributed by atoms with Gasteiger partial charge in [-0.3, -0.25) is 0 Å². The molecule has 0 bridgehead atoms. The van der Waals surface area contributed by atoms with E-state index in [1.807, 2.05) is 11.0 Å². The molecule has 0 aliphatic carbocycles. The van der Waals surface area contributed by atoms with Crippen molar-refractivity contribution in [2.75, 3.05) is 18.6 Å². The van der Waals surface area contributed by atoms with E-state index in [1.165, 1.54) is 7.11 Å². The standard InChI is InChI=1S/C10H9Cl2NO2/c1-15-10(14)9-5-13(9)6-2-3-7(11)8(12)4-6/h2-4,9H,5H2,1H3. The van der Waals surface area contributed by atoms with Gasteiger partial charge in [0.1, 0.15) is 6.04 Å². The van der Waals surface area contributed by atoms with Crippen molar-refractivity contribution in [1.29, 1.82) is 0 Å². The SMILES string of the molecule is COC(=O)C1CN1c1ccc(Cl)c(Cl)c1. The Kier molecular flexibility index (Phi) is 2.76. The third-order valence-electron chi connectivity index (χ3n) is 2.32.